The number of imidazole rings is 1. The normalized spacial score (nSPS) is 21.9. The van der Waals surface area contributed by atoms with Gasteiger partial charge in [0.2, 0.25) is 0 Å². The van der Waals surface area contributed by atoms with Crippen molar-refractivity contribution in [2.24, 2.45) is 0 Å². The summed E-state index contributed by atoms with van der Waals surface area (Å²) in [7, 11) is 3.47. The second kappa shape index (κ2) is 10.3. The number of methoxy groups -OCH3 is 1. The van der Waals surface area contributed by atoms with Gasteiger partial charge in [-0.1, -0.05) is 11.2 Å². The van der Waals surface area contributed by atoms with E-state index in [2.05, 4.69) is 21.9 Å². The fourth-order valence-electron chi connectivity index (χ4n) is 6.35. The number of halogens is 2. The van der Waals surface area contributed by atoms with Crippen molar-refractivity contribution in [2.45, 2.75) is 64.1 Å². The van der Waals surface area contributed by atoms with Gasteiger partial charge in [0.25, 0.3) is 0 Å². The van der Waals surface area contributed by atoms with E-state index in [1.54, 1.807) is 24.0 Å². The highest BCUT2D eigenvalue weighted by Crippen LogP contribution is 2.41. The summed E-state index contributed by atoms with van der Waals surface area (Å²) in [6.07, 6.45) is 4.49. The molecular formula is C30H33F2N5O3. The molecule has 40 heavy (non-hydrogen) atoms. The van der Waals surface area contributed by atoms with Crippen LogP contribution >= 0.6 is 0 Å². The van der Waals surface area contributed by atoms with Crippen LogP contribution in [0.4, 0.5) is 19.3 Å². The molecule has 1 unspecified atom stereocenters. The van der Waals surface area contributed by atoms with E-state index in [9.17, 15) is 13.6 Å². The summed E-state index contributed by atoms with van der Waals surface area (Å²) in [5.74, 6) is -0.460. The van der Waals surface area contributed by atoms with Gasteiger partial charge in [0.15, 0.2) is 11.6 Å². The molecule has 8 nitrogen and oxygen atoms in total. The van der Waals surface area contributed by atoms with Gasteiger partial charge >= 0.3 is 6.03 Å². The summed E-state index contributed by atoms with van der Waals surface area (Å²) in [5, 5.41) is 4.11. The Labute approximate surface area is 231 Å². The molecule has 210 valence electrons. The average molecular weight is 550 g/mol. The lowest BCUT2D eigenvalue weighted by atomic mass is 9.92. The number of carbonyl (C=O) groups excluding carboxylic acids is 1. The Bertz CT molecular complexity index is 1550. The molecule has 6 rings (SSSR count). The van der Waals surface area contributed by atoms with Crippen LogP contribution in [0.2, 0.25) is 0 Å². The Kier molecular flexibility index (Phi) is 6.82. The van der Waals surface area contributed by atoms with E-state index < -0.39 is 17.7 Å². The van der Waals surface area contributed by atoms with Crippen LogP contribution in [0.5, 0.6) is 0 Å². The van der Waals surface area contributed by atoms with Crippen molar-refractivity contribution in [3.63, 3.8) is 0 Å². The number of benzene rings is 2. The van der Waals surface area contributed by atoms with Gasteiger partial charge in [0.05, 0.1) is 28.9 Å². The highest BCUT2D eigenvalue weighted by molar-refractivity contribution is 5.94. The Morgan fingerprint density at radius 2 is 1.77 bits per heavy atom. The number of fused-ring (bicyclic) bond motifs is 1. The fraction of sp³-hybridized carbons (Fsp3) is 0.433. The summed E-state index contributed by atoms with van der Waals surface area (Å²) >= 11 is 0. The Balaban J connectivity index is 1.51. The molecule has 3 heterocycles. The van der Waals surface area contributed by atoms with Crippen LogP contribution in [-0.4, -0.2) is 52.4 Å². The van der Waals surface area contributed by atoms with Gasteiger partial charge in [0, 0.05) is 44.1 Å². The number of urea groups is 1. The first-order chi connectivity index (χ1) is 19.3. The lowest BCUT2D eigenvalue weighted by Crippen LogP contribution is -2.50. The molecule has 0 N–H and O–H groups in total. The standard InChI is InChI=1S/C30H33F2N5O3/c1-17-28(18(2)40-34-17)19-5-12-26-25(15-19)33-29(36(26)20-6-9-22(39-4)10-7-20)27-13-14-35(3)30(38)37(27)21-8-11-23(31)24(32)16-21/h5,8,11-12,15-16,20,22,27H,6-7,9-10,13-14H2,1-4H3. The lowest BCUT2D eigenvalue weighted by molar-refractivity contribution is 0.0583. The number of anilines is 1. The zero-order chi connectivity index (χ0) is 28.1. The third-order valence-electron chi connectivity index (χ3n) is 8.44. The summed E-state index contributed by atoms with van der Waals surface area (Å²) in [5.41, 5.74) is 4.79. The summed E-state index contributed by atoms with van der Waals surface area (Å²) < 4.78 is 41.5. The number of ether oxygens (including phenoxy) is 1. The predicted octanol–water partition coefficient (Wildman–Crippen LogP) is 6.72. The van der Waals surface area contributed by atoms with Gasteiger partial charge < -0.3 is 18.7 Å². The SMILES string of the molecule is COC1CCC(n2c(C3CCN(C)C(=O)N3c3ccc(F)c(F)c3)nc3cc(-c4c(C)noc4C)ccc32)CC1. The van der Waals surface area contributed by atoms with Crippen molar-refractivity contribution in [1.29, 1.82) is 0 Å². The molecule has 2 fully saturated rings. The monoisotopic (exact) mass is 549 g/mol. The summed E-state index contributed by atoms with van der Waals surface area (Å²) in [6.45, 7) is 4.33. The van der Waals surface area contributed by atoms with Crippen molar-refractivity contribution in [2.75, 3.05) is 25.6 Å². The fourth-order valence-corrected chi connectivity index (χ4v) is 6.35. The number of carbonyl (C=O) groups is 1. The number of hydrogen-bond acceptors (Lipinski definition) is 5. The van der Waals surface area contributed by atoms with Crippen molar-refractivity contribution in [1.82, 2.24) is 19.6 Å². The molecule has 1 atom stereocenters. The molecule has 2 aromatic carbocycles. The highest BCUT2D eigenvalue weighted by atomic mass is 19.2. The minimum Gasteiger partial charge on any atom is -0.381 e. The van der Waals surface area contributed by atoms with Gasteiger partial charge in [0.1, 0.15) is 11.6 Å². The average Bonchev–Trinajstić information content (AvgIpc) is 3.50. The highest BCUT2D eigenvalue weighted by Gasteiger charge is 2.38. The van der Waals surface area contributed by atoms with Gasteiger partial charge in [-0.15, -0.1) is 0 Å². The van der Waals surface area contributed by atoms with E-state index in [4.69, 9.17) is 14.2 Å². The number of aromatic nitrogens is 3. The first-order valence-electron chi connectivity index (χ1n) is 13.7. The third kappa shape index (κ3) is 4.44. The van der Waals surface area contributed by atoms with Crippen LogP contribution in [0.1, 0.15) is 61.5 Å². The van der Waals surface area contributed by atoms with E-state index in [-0.39, 0.29) is 18.2 Å². The molecule has 2 aliphatic rings. The third-order valence-corrected chi connectivity index (χ3v) is 8.44. The topological polar surface area (TPSA) is 76.6 Å². The molecule has 10 heteroatoms. The Morgan fingerprint density at radius 3 is 2.45 bits per heavy atom. The van der Waals surface area contributed by atoms with Crippen LogP contribution in [0.15, 0.2) is 40.9 Å². The molecule has 0 bridgehead atoms. The molecule has 2 amide bonds. The van der Waals surface area contributed by atoms with Crippen LogP contribution in [0.3, 0.4) is 0 Å². The summed E-state index contributed by atoms with van der Waals surface area (Å²) in [4.78, 5) is 21.9. The first-order valence-corrected chi connectivity index (χ1v) is 13.7. The second-order valence-corrected chi connectivity index (χ2v) is 10.9. The quantitative estimate of drug-likeness (QED) is 0.276. The second-order valence-electron chi connectivity index (χ2n) is 10.9. The molecule has 4 aromatic rings. The Morgan fingerprint density at radius 1 is 1.00 bits per heavy atom. The maximum Gasteiger partial charge on any atom is 0.324 e. The molecule has 1 saturated carbocycles. The zero-order valence-corrected chi connectivity index (χ0v) is 23.2. The number of nitrogens with zero attached hydrogens (tertiary/aromatic N) is 5. The molecule has 0 spiro atoms. The van der Waals surface area contributed by atoms with Gasteiger partial charge in [-0.25, -0.2) is 18.6 Å². The molecule has 1 aliphatic carbocycles. The first kappa shape index (κ1) is 26.4. The van der Waals surface area contributed by atoms with Crippen molar-refractivity contribution in [3.8, 4) is 11.1 Å². The number of aryl methyl sites for hydroxylation is 2. The van der Waals surface area contributed by atoms with E-state index in [0.717, 1.165) is 77.3 Å². The van der Waals surface area contributed by atoms with E-state index in [0.29, 0.717) is 18.7 Å². The van der Waals surface area contributed by atoms with Gasteiger partial charge in [-0.2, -0.15) is 0 Å². The smallest absolute Gasteiger partial charge is 0.324 e. The lowest BCUT2D eigenvalue weighted by Gasteiger charge is -2.40. The van der Waals surface area contributed by atoms with Gasteiger partial charge in [-0.3, -0.25) is 4.90 Å². The largest absolute Gasteiger partial charge is 0.381 e. The van der Waals surface area contributed by atoms with E-state index in [1.807, 2.05) is 19.9 Å². The molecular weight excluding hydrogens is 516 g/mol. The van der Waals surface area contributed by atoms with Gasteiger partial charge in [-0.05, 0) is 75.8 Å². The zero-order valence-electron chi connectivity index (χ0n) is 23.2. The molecule has 1 saturated heterocycles. The maximum absolute atomic E-state index is 14.4. The maximum atomic E-state index is 14.4. The minimum atomic E-state index is -0.993. The number of amides is 2. The van der Waals surface area contributed by atoms with Crippen molar-refractivity contribution in [3.05, 3.63) is 65.3 Å². The van der Waals surface area contributed by atoms with Crippen LogP contribution in [0.25, 0.3) is 22.2 Å². The van der Waals surface area contributed by atoms with Crippen molar-refractivity contribution >= 4 is 22.8 Å². The predicted molar refractivity (Wildman–Crippen MR) is 147 cm³/mol. The van der Waals surface area contributed by atoms with E-state index in [1.165, 1.54) is 6.07 Å². The van der Waals surface area contributed by atoms with Crippen LogP contribution in [-0.2, 0) is 4.74 Å². The molecule has 0 radical (unpaired) electrons. The summed E-state index contributed by atoms with van der Waals surface area (Å²) in [6, 6.07) is 9.22. The molecule has 2 aromatic heterocycles. The van der Waals surface area contributed by atoms with Crippen molar-refractivity contribution < 1.29 is 22.8 Å². The van der Waals surface area contributed by atoms with Crippen LogP contribution in [0, 0.1) is 25.5 Å². The minimum absolute atomic E-state index is 0.165. The Hall–Kier alpha value is -3.79. The number of hydrogen-bond donors (Lipinski definition) is 0. The van der Waals surface area contributed by atoms with E-state index >= 15 is 0 Å². The van der Waals surface area contributed by atoms with Crippen LogP contribution < -0.4 is 4.90 Å². The molecule has 1 aliphatic heterocycles. The number of rotatable bonds is 5.